The van der Waals surface area contributed by atoms with Crippen molar-refractivity contribution in [2.24, 2.45) is 62.1 Å². The Kier molecular flexibility index (Phi) is 11.6. The lowest BCUT2D eigenvalue weighted by molar-refractivity contribution is -0.250. The van der Waals surface area contributed by atoms with Gasteiger partial charge in [0.15, 0.2) is 0 Å². The Balaban J connectivity index is 1.05. The van der Waals surface area contributed by atoms with Gasteiger partial charge >= 0.3 is 11.9 Å². The third-order valence-electron chi connectivity index (χ3n) is 18.5. The first-order valence-corrected chi connectivity index (χ1v) is 23.0. The van der Waals surface area contributed by atoms with E-state index in [9.17, 15) is 19.5 Å². The number of anilines is 1. The molecule has 0 bridgehead atoms. The monoisotopic (exact) mass is 800 g/mol. The summed E-state index contributed by atoms with van der Waals surface area (Å²) >= 11 is 0. The highest BCUT2D eigenvalue weighted by Crippen LogP contribution is 2.78. The number of hydrogen-bond donors (Lipinski definition) is 2. The summed E-state index contributed by atoms with van der Waals surface area (Å²) in [7, 11) is 2.19. The zero-order valence-electron chi connectivity index (χ0n) is 37.7. The van der Waals surface area contributed by atoms with E-state index in [0.29, 0.717) is 42.6 Å². The molecule has 1 heterocycles. The van der Waals surface area contributed by atoms with Crippen molar-refractivity contribution in [1.29, 1.82) is 0 Å². The molecule has 8 heteroatoms. The van der Waals surface area contributed by atoms with E-state index in [2.05, 4.69) is 94.6 Å². The van der Waals surface area contributed by atoms with Gasteiger partial charge < -0.3 is 25.0 Å². The molecule has 5 saturated carbocycles. The molecule has 1 saturated heterocycles. The lowest BCUT2D eigenvalue weighted by Crippen LogP contribution is -2.67. The van der Waals surface area contributed by atoms with Crippen LogP contribution >= 0.6 is 0 Å². The molecule has 0 radical (unpaired) electrons. The zero-order chi connectivity index (χ0) is 42.1. The summed E-state index contributed by atoms with van der Waals surface area (Å²) in [5, 5.41) is 12.8. The summed E-state index contributed by atoms with van der Waals surface area (Å²) in [5.41, 5.74) is 3.47. The van der Waals surface area contributed by atoms with Crippen LogP contribution in [0.2, 0.25) is 0 Å². The number of aliphatic carboxylic acids is 1. The van der Waals surface area contributed by atoms with Crippen LogP contribution in [-0.4, -0.2) is 67.2 Å². The fraction of sp³-hybridized carbons (Fsp3) is 0.780. The van der Waals surface area contributed by atoms with Crippen LogP contribution in [-0.2, 0) is 25.7 Å². The molecule has 1 amide bonds. The van der Waals surface area contributed by atoms with Crippen LogP contribution in [0.5, 0.6) is 0 Å². The molecule has 0 spiro atoms. The average Bonchev–Trinajstić information content (AvgIpc) is 3.51. The quantitative estimate of drug-likeness (QED) is 0.170. The van der Waals surface area contributed by atoms with Crippen LogP contribution in [0.4, 0.5) is 5.69 Å². The predicted octanol–water partition coefficient (Wildman–Crippen LogP) is 9.91. The van der Waals surface area contributed by atoms with Crippen LogP contribution in [0.1, 0.15) is 144 Å². The van der Waals surface area contributed by atoms with E-state index in [1.165, 1.54) is 36.9 Å². The van der Waals surface area contributed by atoms with Gasteiger partial charge in [0.2, 0.25) is 5.91 Å². The summed E-state index contributed by atoms with van der Waals surface area (Å²) in [4.78, 5) is 43.6. The van der Waals surface area contributed by atoms with Crippen LogP contribution in [0.25, 0.3) is 0 Å². The van der Waals surface area contributed by atoms with Crippen LogP contribution in [0.15, 0.2) is 36.4 Å². The van der Waals surface area contributed by atoms with Crippen molar-refractivity contribution in [3.63, 3.8) is 0 Å². The number of benzene rings is 1. The van der Waals surface area contributed by atoms with Crippen molar-refractivity contribution >= 4 is 23.5 Å². The van der Waals surface area contributed by atoms with Gasteiger partial charge in [-0.1, -0.05) is 72.8 Å². The minimum atomic E-state index is -0.883. The fourth-order valence-corrected chi connectivity index (χ4v) is 15.3. The van der Waals surface area contributed by atoms with E-state index < -0.39 is 11.4 Å². The normalized spacial score (nSPS) is 38.4. The lowest BCUT2D eigenvalue weighted by atomic mass is 9.32. The largest absolute Gasteiger partial charge is 0.481 e. The second kappa shape index (κ2) is 15.5. The number of ether oxygens (including phenoxy) is 1. The average molecular weight is 800 g/mol. The van der Waals surface area contributed by atoms with Crippen molar-refractivity contribution in [3.8, 4) is 0 Å². The number of nitrogens with zero attached hydrogens (tertiary/aromatic N) is 2. The number of esters is 1. The standard InChI is InChI=1S/C50H77N3O5/c1-33(2)36-17-22-50(29-41(54)51-32-34-11-13-35(14-12-34)53-27-25-52(10)26-28-53)24-23-48(8)37(44(36)50)15-16-39-47(7)20-19-40(46(5,6)38(47)18-21-49(39,48)9)58-43(57)31-45(3,4)30-42(55)56/h11-14,36-40,44H,1,15-32H2,2-10H3,(H,51,54)(H,55,56)/t36?,37-,38+,39-,40+,44-,47+,48-,49-,50-/m1/s1. The number of fused-ring (bicyclic) bond motifs is 7. The number of allylic oxidation sites excluding steroid dienone is 1. The fourth-order valence-electron chi connectivity index (χ4n) is 15.3. The number of carbonyl (C=O) groups is 3. The molecule has 58 heavy (non-hydrogen) atoms. The Hall–Kier alpha value is -2.87. The van der Waals surface area contributed by atoms with Crippen molar-refractivity contribution in [2.75, 3.05) is 38.1 Å². The molecule has 6 aliphatic rings. The van der Waals surface area contributed by atoms with Gasteiger partial charge in [0.1, 0.15) is 6.10 Å². The Morgan fingerprint density at radius 3 is 2.19 bits per heavy atom. The number of likely N-dealkylation sites (N-methyl/N-ethyl adjacent to an activating group) is 1. The van der Waals surface area contributed by atoms with E-state index in [1.54, 1.807) is 0 Å². The first-order chi connectivity index (χ1) is 27.1. The Labute approximate surface area is 350 Å². The Bertz CT molecular complexity index is 1730. The van der Waals surface area contributed by atoms with Crippen molar-refractivity contribution in [3.05, 3.63) is 42.0 Å². The molecule has 0 aromatic heterocycles. The highest BCUT2D eigenvalue weighted by molar-refractivity contribution is 5.77. The highest BCUT2D eigenvalue weighted by atomic mass is 16.5. The number of carboxylic acid groups (broad SMARTS) is 1. The van der Waals surface area contributed by atoms with Gasteiger partial charge in [-0.2, -0.15) is 0 Å². The summed E-state index contributed by atoms with van der Waals surface area (Å²) in [6.07, 6.45) is 11.8. The molecule has 7 rings (SSSR count). The van der Waals surface area contributed by atoms with Crippen LogP contribution in [0, 0.1) is 62.1 Å². The SMILES string of the molecule is C=C(C)C1CC[C@]2(CC(=O)NCc3ccc(N4CCN(C)CC4)cc3)CC[C@]3(C)[C@H](CC[C@@H]4[C@@]5(C)CC[C@H](OC(=O)CC(C)(C)CC(=O)O)C(C)(C)[C@@H]5CC[C@]43C)[C@@H]12. The maximum Gasteiger partial charge on any atom is 0.306 e. The molecule has 10 atom stereocenters. The number of rotatable bonds is 11. The molecule has 2 N–H and O–H groups in total. The molecular formula is C50H77N3O5. The molecular weight excluding hydrogens is 723 g/mol. The molecule has 1 aromatic carbocycles. The number of amides is 1. The zero-order valence-corrected chi connectivity index (χ0v) is 37.7. The molecule has 1 aromatic rings. The maximum absolute atomic E-state index is 14.0. The third-order valence-corrected chi connectivity index (χ3v) is 18.5. The molecule has 6 fully saturated rings. The number of carbonyl (C=O) groups excluding carboxylic acids is 2. The van der Waals surface area contributed by atoms with E-state index in [4.69, 9.17) is 4.74 Å². The summed E-state index contributed by atoms with van der Waals surface area (Å²) < 4.78 is 6.31. The number of hydrogen-bond acceptors (Lipinski definition) is 6. The molecule has 5 aliphatic carbocycles. The summed E-state index contributed by atoms with van der Waals surface area (Å²) in [5.74, 6) is 1.62. The van der Waals surface area contributed by atoms with Crippen LogP contribution < -0.4 is 10.2 Å². The number of nitrogens with one attached hydrogen (secondary N) is 1. The van der Waals surface area contributed by atoms with Gasteiger partial charge in [0, 0.05) is 50.2 Å². The second-order valence-electron chi connectivity index (χ2n) is 22.7. The smallest absolute Gasteiger partial charge is 0.306 e. The van der Waals surface area contributed by atoms with E-state index >= 15 is 0 Å². The highest BCUT2D eigenvalue weighted by Gasteiger charge is 2.71. The van der Waals surface area contributed by atoms with E-state index in [-0.39, 0.29) is 57.9 Å². The van der Waals surface area contributed by atoms with Gasteiger partial charge in [-0.15, -0.1) is 0 Å². The van der Waals surface area contributed by atoms with E-state index in [1.807, 2.05) is 13.8 Å². The number of piperazine rings is 1. The Morgan fingerprint density at radius 1 is 0.845 bits per heavy atom. The molecule has 1 aliphatic heterocycles. The van der Waals surface area contributed by atoms with Gasteiger partial charge in [0.05, 0.1) is 12.8 Å². The molecule has 1 unspecified atom stereocenters. The van der Waals surface area contributed by atoms with Crippen molar-refractivity contribution in [1.82, 2.24) is 10.2 Å². The van der Waals surface area contributed by atoms with Gasteiger partial charge in [-0.05, 0) is 153 Å². The van der Waals surface area contributed by atoms with Gasteiger partial charge in [-0.25, -0.2) is 0 Å². The molecule has 8 nitrogen and oxygen atoms in total. The maximum atomic E-state index is 14.0. The summed E-state index contributed by atoms with van der Waals surface area (Å²) in [6, 6.07) is 8.82. The first-order valence-electron chi connectivity index (χ1n) is 23.0. The van der Waals surface area contributed by atoms with Crippen molar-refractivity contribution in [2.45, 2.75) is 152 Å². The topological polar surface area (TPSA) is 99.2 Å². The molecule has 322 valence electrons. The second-order valence-corrected chi connectivity index (χ2v) is 22.7. The minimum absolute atomic E-state index is 0.0242. The lowest BCUT2D eigenvalue weighted by Gasteiger charge is -2.73. The van der Waals surface area contributed by atoms with Crippen LogP contribution in [0.3, 0.4) is 0 Å². The summed E-state index contributed by atoms with van der Waals surface area (Å²) in [6.45, 7) is 28.0. The van der Waals surface area contributed by atoms with Crippen molar-refractivity contribution < 1.29 is 24.2 Å². The minimum Gasteiger partial charge on any atom is -0.481 e. The predicted molar refractivity (Wildman–Crippen MR) is 232 cm³/mol. The van der Waals surface area contributed by atoms with Gasteiger partial charge in [-0.3, -0.25) is 14.4 Å². The third kappa shape index (κ3) is 7.57. The van der Waals surface area contributed by atoms with Gasteiger partial charge in [0.25, 0.3) is 0 Å². The number of carboxylic acids is 1. The Morgan fingerprint density at radius 2 is 1.53 bits per heavy atom. The van der Waals surface area contributed by atoms with E-state index in [0.717, 1.165) is 70.3 Å². The first kappa shape index (κ1) is 43.2.